The quantitative estimate of drug-likeness (QED) is 0.446. The lowest BCUT2D eigenvalue weighted by Gasteiger charge is -2.27. The Kier molecular flexibility index (Phi) is 4.34. The van der Waals surface area contributed by atoms with Gasteiger partial charge in [-0.05, 0) is 29.8 Å². The molecule has 2 heterocycles. The number of imide groups is 1. The summed E-state index contributed by atoms with van der Waals surface area (Å²) in [5, 5.41) is 0. The van der Waals surface area contributed by atoms with Crippen molar-refractivity contribution in [3.63, 3.8) is 0 Å². The second-order valence-corrected chi connectivity index (χ2v) is 8.60. The van der Waals surface area contributed by atoms with Crippen LogP contribution in [-0.4, -0.2) is 36.1 Å². The molecule has 3 aromatic carbocycles. The summed E-state index contributed by atoms with van der Waals surface area (Å²) in [5.41, 5.74) is -0.679. The number of hydrogen-bond acceptors (Lipinski definition) is 6. The molecule has 7 heteroatoms. The van der Waals surface area contributed by atoms with Crippen molar-refractivity contribution in [3.8, 4) is 5.75 Å². The minimum Gasteiger partial charge on any atom is -0.497 e. The highest BCUT2D eigenvalue weighted by Crippen LogP contribution is 2.57. The monoisotopic (exact) mass is 453 g/mol. The third-order valence-electron chi connectivity index (χ3n) is 6.98. The minimum atomic E-state index is -2.07. The first-order chi connectivity index (χ1) is 16.5. The average molecular weight is 453 g/mol. The highest BCUT2D eigenvalue weighted by atomic mass is 16.5. The Morgan fingerprint density at radius 3 is 1.94 bits per heavy atom. The minimum absolute atomic E-state index is 0.208. The molecule has 7 nitrogen and oxygen atoms in total. The summed E-state index contributed by atoms with van der Waals surface area (Å²) >= 11 is 0. The van der Waals surface area contributed by atoms with Crippen LogP contribution in [0.1, 0.15) is 32.4 Å². The number of ether oxygens (including phenoxy) is 2. The van der Waals surface area contributed by atoms with Gasteiger partial charge in [0.25, 0.3) is 0 Å². The van der Waals surface area contributed by atoms with Gasteiger partial charge >= 0.3 is 0 Å². The van der Waals surface area contributed by atoms with E-state index in [1.54, 1.807) is 78.9 Å². The predicted octanol–water partition coefficient (Wildman–Crippen LogP) is 3.39. The van der Waals surface area contributed by atoms with Gasteiger partial charge in [0.15, 0.2) is 0 Å². The van der Waals surface area contributed by atoms with Crippen molar-refractivity contribution < 1.29 is 28.7 Å². The third kappa shape index (κ3) is 2.50. The van der Waals surface area contributed by atoms with Crippen LogP contribution in [-0.2, 0) is 14.3 Å². The lowest BCUT2D eigenvalue weighted by molar-refractivity contribution is -0.127. The topological polar surface area (TPSA) is 90.0 Å². The highest BCUT2D eigenvalue weighted by Gasteiger charge is 2.74. The molecule has 3 atom stereocenters. The molecule has 2 fully saturated rings. The van der Waals surface area contributed by atoms with Crippen molar-refractivity contribution in [3.05, 3.63) is 95.6 Å². The van der Waals surface area contributed by atoms with Crippen molar-refractivity contribution >= 4 is 29.1 Å². The second kappa shape index (κ2) is 7.20. The van der Waals surface area contributed by atoms with Crippen LogP contribution in [0.3, 0.4) is 0 Å². The van der Waals surface area contributed by atoms with Gasteiger partial charge < -0.3 is 9.47 Å². The number of amides is 2. The molecule has 0 N–H and O–H groups in total. The lowest BCUT2D eigenvalue weighted by atomic mass is 9.77. The van der Waals surface area contributed by atoms with Crippen LogP contribution >= 0.6 is 0 Å². The van der Waals surface area contributed by atoms with E-state index >= 15 is 0 Å². The Hall–Kier alpha value is -4.10. The maximum Gasteiger partial charge on any atom is 0.241 e. The first-order valence-corrected chi connectivity index (χ1v) is 10.9. The molecule has 3 aromatic rings. The van der Waals surface area contributed by atoms with Crippen molar-refractivity contribution in [1.82, 2.24) is 0 Å². The smallest absolute Gasteiger partial charge is 0.241 e. The Morgan fingerprint density at radius 1 is 0.765 bits per heavy atom. The summed E-state index contributed by atoms with van der Waals surface area (Å²) in [6.07, 6.45) is -0.955. The third-order valence-corrected chi connectivity index (χ3v) is 6.98. The van der Waals surface area contributed by atoms with E-state index < -0.39 is 46.9 Å². The van der Waals surface area contributed by atoms with Gasteiger partial charge in [0.05, 0.1) is 30.7 Å². The van der Waals surface area contributed by atoms with Crippen LogP contribution in [0.15, 0.2) is 78.9 Å². The van der Waals surface area contributed by atoms with E-state index in [0.29, 0.717) is 17.0 Å². The number of anilines is 1. The molecule has 2 saturated heterocycles. The summed E-state index contributed by atoms with van der Waals surface area (Å²) < 4.78 is 11.5. The van der Waals surface area contributed by atoms with Crippen LogP contribution in [0.4, 0.5) is 5.69 Å². The summed E-state index contributed by atoms with van der Waals surface area (Å²) in [6, 6.07) is 21.8. The van der Waals surface area contributed by atoms with Crippen LogP contribution < -0.4 is 9.64 Å². The summed E-state index contributed by atoms with van der Waals surface area (Å²) in [4.78, 5) is 56.0. The van der Waals surface area contributed by atoms with Gasteiger partial charge in [-0.3, -0.25) is 19.2 Å². The Bertz CT molecular complexity index is 1330. The first kappa shape index (κ1) is 20.5. The van der Waals surface area contributed by atoms with Crippen molar-refractivity contribution in [2.45, 2.75) is 11.7 Å². The maximum atomic E-state index is 13.8. The number of nitrogens with zero attached hydrogens (tertiary/aromatic N) is 1. The largest absolute Gasteiger partial charge is 0.497 e. The molecule has 3 unspecified atom stereocenters. The fraction of sp³-hybridized carbons (Fsp3) is 0.185. The molecule has 168 valence electrons. The van der Waals surface area contributed by atoms with E-state index in [4.69, 9.17) is 9.47 Å². The number of methoxy groups -OCH3 is 1. The first-order valence-electron chi connectivity index (χ1n) is 10.9. The molecule has 0 aromatic heterocycles. The van der Waals surface area contributed by atoms with Crippen LogP contribution in [0, 0.1) is 11.8 Å². The number of fused-ring (bicyclic) bond motifs is 3. The molecular formula is C27H19NO6. The molecule has 0 bridgehead atoms. The molecule has 1 spiro atoms. The molecular weight excluding hydrogens is 434 g/mol. The SMILES string of the molecule is COc1ccc(C2OC3(C(=O)c4ccccc4C3=O)C3C(=O)N(c4ccccc4)C(=O)C23)cc1. The number of rotatable bonds is 3. The lowest BCUT2D eigenvalue weighted by Crippen LogP contribution is -2.51. The van der Waals surface area contributed by atoms with E-state index in [-0.39, 0.29) is 11.1 Å². The van der Waals surface area contributed by atoms with Gasteiger partial charge in [-0.1, -0.05) is 54.6 Å². The number of carbonyl (C=O) groups excluding carboxylic acids is 4. The Labute approximate surface area is 194 Å². The zero-order chi connectivity index (χ0) is 23.6. The van der Waals surface area contributed by atoms with E-state index in [0.717, 1.165) is 4.90 Å². The zero-order valence-corrected chi connectivity index (χ0v) is 18.1. The Balaban J connectivity index is 1.53. The van der Waals surface area contributed by atoms with Gasteiger partial charge in [-0.25, -0.2) is 4.90 Å². The molecule has 0 radical (unpaired) electrons. The summed E-state index contributed by atoms with van der Waals surface area (Å²) in [6.45, 7) is 0. The van der Waals surface area contributed by atoms with E-state index in [1.165, 1.54) is 7.11 Å². The van der Waals surface area contributed by atoms with Crippen molar-refractivity contribution in [2.75, 3.05) is 12.0 Å². The van der Waals surface area contributed by atoms with Crippen molar-refractivity contribution in [1.29, 1.82) is 0 Å². The highest BCUT2D eigenvalue weighted by molar-refractivity contribution is 6.37. The molecule has 2 aliphatic heterocycles. The number of carbonyl (C=O) groups is 4. The number of para-hydroxylation sites is 1. The van der Waals surface area contributed by atoms with Gasteiger partial charge in [-0.15, -0.1) is 0 Å². The van der Waals surface area contributed by atoms with E-state index in [1.807, 2.05) is 0 Å². The number of ketones is 2. The van der Waals surface area contributed by atoms with Crippen LogP contribution in [0.5, 0.6) is 5.75 Å². The molecule has 2 amide bonds. The van der Waals surface area contributed by atoms with Gasteiger partial charge in [0.1, 0.15) is 5.75 Å². The molecule has 3 aliphatic rings. The van der Waals surface area contributed by atoms with E-state index in [9.17, 15) is 19.2 Å². The number of hydrogen-bond donors (Lipinski definition) is 0. The fourth-order valence-electron chi connectivity index (χ4n) is 5.44. The average Bonchev–Trinajstić information content (AvgIpc) is 3.44. The normalized spacial score (nSPS) is 24.6. The van der Waals surface area contributed by atoms with Gasteiger partial charge in [0.2, 0.25) is 29.0 Å². The number of benzene rings is 3. The summed E-state index contributed by atoms with van der Waals surface area (Å²) in [7, 11) is 1.54. The fourth-order valence-corrected chi connectivity index (χ4v) is 5.44. The molecule has 1 aliphatic carbocycles. The van der Waals surface area contributed by atoms with Gasteiger partial charge in [0, 0.05) is 11.1 Å². The van der Waals surface area contributed by atoms with E-state index in [2.05, 4.69) is 0 Å². The van der Waals surface area contributed by atoms with Crippen LogP contribution in [0.2, 0.25) is 0 Å². The van der Waals surface area contributed by atoms with Gasteiger partial charge in [-0.2, -0.15) is 0 Å². The Morgan fingerprint density at radius 2 is 1.35 bits per heavy atom. The zero-order valence-electron chi connectivity index (χ0n) is 18.1. The predicted molar refractivity (Wildman–Crippen MR) is 121 cm³/mol. The number of Topliss-reactive ketones (excluding diaryl/α,β-unsaturated/α-hetero) is 2. The molecule has 6 rings (SSSR count). The summed E-state index contributed by atoms with van der Waals surface area (Å²) in [5.74, 6) is -3.93. The van der Waals surface area contributed by atoms with Crippen LogP contribution in [0.25, 0.3) is 0 Å². The standard InChI is InChI=1S/C27H19NO6/c1-33-17-13-11-15(12-14-17)22-20-21(26(32)28(25(20)31)16-7-3-2-4-8-16)27(34-22)23(29)18-9-5-6-10-19(18)24(27)30/h2-14,20-22H,1H3. The van der Waals surface area contributed by atoms with Crippen molar-refractivity contribution in [2.24, 2.45) is 11.8 Å². The molecule has 34 heavy (non-hydrogen) atoms. The maximum absolute atomic E-state index is 13.8. The second-order valence-electron chi connectivity index (χ2n) is 8.60. The molecule has 0 saturated carbocycles.